The number of aromatic nitrogens is 5. The van der Waals surface area contributed by atoms with E-state index in [0.29, 0.717) is 23.1 Å². The van der Waals surface area contributed by atoms with Gasteiger partial charge in [-0.25, -0.2) is 0 Å². The van der Waals surface area contributed by atoms with Crippen molar-refractivity contribution in [3.8, 4) is 17.1 Å². The second-order valence-corrected chi connectivity index (χ2v) is 7.88. The Hall–Kier alpha value is -3.39. The summed E-state index contributed by atoms with van der Waals surface area (Å²) >= 11 is 1.31. The van der Waals surface area contributed by atoms with E-state index in [2.05, 4.69) is 20.1 Å². The molecular weight excluding hydrogens is 410 g/mol. The van der Waals surface area contributed by atoms with Gasteiger partial charge in [0.05, 0.1) is 12.4 Å². The van der Waals surface area contributed by atoms with Crippen molar-refractivity contribution in [1.82, 2.24) is 24.8 Å². The summed E-state index contributed by atoms with van der Waals surface area (Å²) in [5, 5.41) is 12.5. The van der Waals surface area contributed by atoms with Crippen molar-refractivity contribution >= 4 is 17.5 Å². The van der Waals surface area contributed by atoms with E-state index >= 15 is 0 Å². The number of tetrazole rings is 1. The van der Waals surface area contributed by atoms with Crippen molar-refractivity contribution in [2.75, 3.05) is 12.4 Å². The van der Waals surface area contributed by atoms with Crippen LogP contribution >= 0.6 is 11.8 Å². The fourth-order valence-electron chi connectivity index (χ4n) is 3.56. The zero-order chi connectivity index (χ0) is 21.8. The van der Waals surface area contributed by atoms with E-state index in [-0.39, 0.29) is 11.5 Å². The van der Waals surface area contributed by atoms with Crippen molar-refractivity contribution in [3.63, 3.8) is 0 Å². The minimum atomic E-state index is 0.0351. The molecule has 0 aliphatic carbocycles. The Morgan fingerprint density at radius 3 is 2.58 bits per heavy atom. The first-order valence-electron chi connectivity index (χ1n) is 10.0. The van der Waals surface area contributed by atoms with Gasteiger partial charge < -0.3 is 9.30 Å². The van der Waals surface area contributed by atoms with Gasteiger partial charge in [0.2, 0.25) is 5.16 Å². The molecule has 0 spiro atoms. The van der Waals surface area contributed by atoms with Gasteiger partial charge in [0, 0.05) is 22.6 Å². The third kappa shape index (κ3) is 4.25. The maximum atomic E-state index is 13.0. The molecule has 0 unspecified atom stereocenters. The molecule has 8 heteroatoms. The van der Waals surface area contributed by atoms with Crippen LogP contribution in [0.15, 0.2) is 65.8 Å². The zero-order valence-electron chi connectivity index (χ0n) is 17.6. The minimum absolute atomic E-state index is 0.0351. The SMILES string of the molecule is CCOc1ccccc1-n1nnnc1SCC(=O)c1cc(C)n(-c2ccccc2)c1C. The lowest BCUT2D eigenvalue weighted by Crippen LogP contribution is -2.07. The van der Waals surface area contributed by atoms with Gasteiger partial charge in [-0.15, -0.1) is 5.10 Å². The summed E-state index contributed by atoms with van der Waals surface area (Å²) in [6.45, 7) is 6.45. The van der Waals surface area contributed by atoms with Crippen LogP contribution in [0.25, 0.3) is 11.4 Å². The molecule has 0 aliphatic rings. The Morgan fingerprint density at radius 2 is 1.81 bits per heavy atom. The number of carbonyl (C=O) groups excluding carboxylic acids is 1. The number of ketones is 1. The number of rotatable bonds is 8. The lowest BCUT2D eigenvalue weighted by Gasteiger charge is -2.10. The molecule has 2 heterocycles. The lowest BCUT2D eigenvalue weighted by molar-refractivity contribution is 0.102. The second kappa shape index (κ2) is 9.18. The fraction of sp³-hybridized carbons (Fsp3) is 0.217. The van der Waals surface area contributed by atoms with Crippen LogP contribution in [0.2, 0.25) is 0 Å². The summed E-state index contributed by atoms with van der Waals surface area (Å²) in [4.78, 5) is 13.0. The summed E-state index contributed by atoms with van der Waals surface area (Å²) in [5.41, 5.74) is 4.44. The largest absolute Gasteiger partial charge is 0.492 e. The number of ether oxygens (including phenoxy) is 1. The average Bonchev–Trinajstić information content (AvgIpc) is 3.37. The van der Waals surface area contributed by atoms with E-state index < -0.39 is 0 Å². The highest BCUT2D eigenvalue weighted by Crippen LogP contribution is 2.27. The van der Waals surface area contributed by atoms with E-state index in [1.54, 1.807) is 4.68 Å². The Labute approximate surface area is 185 Å². The Bertz CT molecular complexity index is 1200. The first-order chi connectivity index (χ1) is 15.1. The number of carbonyl (C=O) groups is 1. The van der Waals surface area contributed by atoms with Crippen LogP contribution < -0.4 is 4.74 Å². The van der Waals surface area contributed by atoms with Crippen LogP contribution in [0.3, 0.4) is 0 Å². The van der Waals surface area contributed by atoms with Gasteiger partial charge in [-0.1, -0.05) is 42.1 Å². The van der Waals surface area contributed by atoms with Gasteiger partial charge in [0.1, 0.15) is 11.4 Å². The molecule has 0 bridgehead atoms. The smallest absolute Gasteiger partial charge is 0.214 e. The van der Waals surface area contributed by atoms with E-state index in [4.69, 9.17) is 4.74 Å². The van der Waals surface area contributed by atoms with Crippen molar-refractivity contribution in [1.29, 1.82) is 0 Å². The topological polar surface area (TPSA) is 74.8 Å². The van der Waals surface area contributed by atoms with E-state index in [1.165, 1.54) is 11.8 Å². The number of thioether (sulfide) groups is 1. The van der Waals surface area contributed by atoms with E-state index in [0.717, 1.165) is 22.8 Å². The Balaban J connectivity index is 1.55. The van der Waals surface area contributed by atoms with E-state index in [1.807, 2.05) is 81.4 Å². The number of benzene rings is 2. The summed E-state index contributed by atoms with van der Waals surface area (Å²) in [6.07, 6.45) is 0. The highest BCUT2D eigenvalue weighted by Gasteiger charge is 2.19. The highest BCUT2D eigenvalue weighted by molar-refractivity contribution is 7.99. The van der Waals surface area contributed by atoms with Gasteiger partial charge >= 0.3 is 0 Å². The molecule has 4 rings (SSSR count). The lowest BCUT2D eigenvalue weighted by atomic mass is 10.2. The fourth-order valence-corrected chi connectivity index (χ4v) is 4.32. The molecule has 0 fully saturated rings. The summed E-state index contributed by atoms with van der Waals surface area (Å²) < 4.78 is 9.39. The predicted octanol–water partition coefficient (Wildman–Crippen LogP) is 4.44. The molecule has 0 saturated carbocycles. The van der Waals surface area contributed by atoms with Gasteiger partial charge in [-0.2, -0.15) is 4.68 Å². The number of aryl methyl sites for hydroxylation is 1. The Morgan fingerprint density at radius 1 is 1.06 bits per heavy atom. The average molecular weight is 434 g/mol. The predicted molar refractivity (Wildman–Crippen MR) is 121 cm³/mol. The summed E-state index contributed by atoms with van der Waals surface area (Å²) in [6, 6.07) is 19.5. The first kappa shape index (κ1) is 20.9. The number of nitrogens with zero attached hydrogens (tertiary/aromatic N) is 5. The molecule has 0 radical (unpaired) electrons. The molecule has 2 aromatic carbocycles. The van der Waals surface area contributed by atoms with Crippen LogP contribution in [0, 0.1) is 13.8 Å². The normalized spacial score (nSPS) is 10.9. The quantitative estimate of drug-likeness (QED) is 0.302. The first-order valence-corrected chi connectivity index (χ1v) is 11.0. The van der Waals surface area contributed by atoms with E-state index in [9.17, 15) is 4.79 Å². The summed E-state index contributed by atoms with van der Waals surface area (Å²) in [5.74, 6) is 0.959. The van der Waals surface area contributed by atoms with Crippen molar-refractivity contribution in [2.45, 2.75) is 25.9 Å². The minimum Gasteiger partial charge on any atom is -0.492 e. The maximum absolute atomic E-state index is 13.0. The number of para-hydroxylation sites is 3. The standard InChI is InChI=1S/C23H23N5O2S/c1-4-30-22-13-9-8-12-20(22)28-23(24-25-26-28)31-15-21(29)19-14-16(2)27(17(19)3)18-10-6-5-7-11-18/h5-14H,4,15H2,1-3H3. The molecule has 4 aromatic rings. The molecular formula is C23H23N5O2S. The van der Waals surface area contributed by atoms with Crippen LogP contribution in [0.1, 0.15) is 28.7 Å². The Kier molecular flexibility index (Phi) is 6.18. The second-order valence-electron chi connectivity index (χ2n) is 6.94. The monoisotopic (exact) mass is 433 g/mol. The molecule has 2 aromatic heterocycles. The summed E-state index contributed by atoms with van der Waals surface area (Å²) in [7, 11) is 0. The molecule has 31 heavy (non-hydrogen) atoms. The van der Waals surface area contributed by atoms with Crippen LogP contribution in [0.4, 0.5) is 0 Å². The van der Waals surface area contributed by atoms with Crippen LogP contribution in [0.5, 0.6) is 5.75 Å². The zero-order valence-corrected chi connectivity index (χ0v) is 18.5. The number of hydrogen-bond donors (Lipinski definition) is 0. The van der Waals surface area contributed by atoms with Crippen LogP contribution in [-0.4, -0.2) is 42.9 Å². The molecule has 0 N–H and O–H groups in total. The molecule has 0 amide bonds. The van der Waals surface area contributed by atoms with Gasteiger partial charge in [-0.3, -0.25) is 4.79 Å². The van der Waals surface area contributed by atoms with Gasteiger partial charge in [0.15, 0.2) is 5.78 Å². The van der Waals surface area contributed by atoms with Gasteiger partial charge in [-0.05, 0) is 61.5 Å². The molecule has 7 nitrogen and oxygen atoms in total. The number of hydrogen-bond acceptors (Lipinski definition) is 6. The molecule has 0 aliphatic heterocycles. The van der Waals surface area contributed by atoms with Crippen LogP contribution in [-0.2, 0) is 0 Å². The highest BCUT2D eigenvalue weighted by atomic mass is 32.2. The van der Waals surface area contributed by atoms with Crippen molar-refractivity contribution in [2.24, 2.45) is 0 Å². The molecule has 158 valence electrons. The maximum Gasteiger partial charge on any atom is 0.214 e. The van der Waals surface area contributed by atoms with Crippen molar-refractivity contribution < 1.29 is 9.53 Å². The molecule has 0 saturated heterocycles. The third-order valence-corrected chi connectivity index (χ3v) is 5.83. The van der Waals surface area contributed by atoms with Gasteiger partial charge in [0.25, 0.3) is 0 Å². The molecule has 0 atom stereocenters. The van der Waals surface area contributed by atoms with Crippen molar-refractivity contribution in [3.05, 3.63) is 77.6 Å². The third-order valence-electron chi connectivity index (χ3n) is 4.91. The number of Topliss-reactive ketones (excluding diaryl/α,β-unsaturated/α-hetero) is 1.